The Morgan fingerprint density at radius 3 is 1.37 bits per heavy atom. The number of esters is 2. The van der Waals surface area contributed by atoms with Crippen LogP contribution in [0.1, 0.15) is 99.3 Å². The quantitative estimate of drug-likeness (QED) is 0.0347. The summed E-state index contributed by atoms with van der Waals surface area (Å²) in [6.07, 6.45) is 32.3. The van der Waals surface area contributed by atoms with Crippen molar-refractivity contribution < 1.29 is 38.4 Å². The molecule has 9 heterocycles. The second-order valence-corrected chi connectivity index (χ2v) is 22.6. The number of pyridine rings is 6. The molecule has 0 radical (unpaired) electrons. The van der Waals surface area contributed by atoms with Crippen molar-refractivity contribution in [1.82, 2.24) is 40.1 Å². The molecular weight excluding hydrogens is 1080 g/mol. The number of nitrogens with one attached hydrogen (secondary N) is 1. The number of piperidine rings is 2. The number of ether oxygens (including phenoxy) is 5. The maximum absolute atomic E-state index is 13.2. The third kappa shape index (κ3) is 21.6. The van der Waals surface area contributed by atoms with E-state index < -0.39 is 6.10 Å². The zero-order chi connectivity index (χ0) is 59.2. The molecule has 2 N–H and O–H groups in total. The van der Waals surface area contributed by atoms with Gasteiger partial charge in [-0.2, -0.15) is 0 Å². The van der Waals surface area contributed by atoms with Crippen LogP contribution in [0, 0.1) is 11.8 Å². The van der Waals surface area contributed by atoms with Crippen LogP contribution in [0.15, 0.2) is 171 Å². The number of carbonyl (C=O) groups is 2. The topological polar surface area (TPSA) is 196 Å². The molecule has 3 aliphatic heterocycles. The van der Waals surface area contributed by atoms with Gasteiger partial charge in [-0.1, -0.05) is 36.4 Å². The molecule has 11 rings (SSSR count). The van der Waals surface area contributed by atoms with E-state index in [9.17, 15) is 14.7 Å². The van der Waals surface area contributed by atoms with Crippen LogP contribution < -0.4 is 14.8 Å². The number of rotatable bonds is 28. The van der Waals surface area contributed by atoms with Crippen LogP contribution >= 0.6 is 0 Å². The van der Waals surface area contributed by atoms with Crippen molar-refractivity contribution in [3.05, 3.63) is 193 Å². The highest BCUT2D eigenvalue weighted by Gasteiger charge is 2.30. The molecule has 0 bridgehead atoms. The Labute approximate surface area is 506 Å². The Bertz CT molecular complexity index is 3100. The van der Waals surface area contributed by atoms with Gasteiger partial charge in [0.05, 0.1) is 29.5 Å². The molecule has 3 saturated heterocycles. The van der Waals surface area contributed by atoms with E-state index in [0.29, 0.717) is 13.2 Å². The molecule has 0 unspecified atom stereocenters. The minimum absolute atomic E-state index is 0.00396. The summed E-state index contributed by atoms with van der Waals surface area (Å²) in [6.45, 7) is 5.49. The van der Waals surface area contributed by atoms with Gasteiger partial charge in [-0.05, 0) is 224 Å². The first-order valence-electron chi connectivity index (χ1n) is 31.0. The van der Waals surface area contributed by atoms with Gasteiger partial charge in [0.25, 0.3) is 0 Å². The van der Waals surface area contributed by atoms with Crippen molar-refractivity contribution in [3.63, 3.8) is 0 Å². The lowest BCUT2D eigenvalue weighted by molar-refractivity contribution is -0.157. The lowest BCUT2D eigenvalue weighted by Gasteiger charge is -2.32. The van der Waals surface area contributed by atoms with E-state index in [-0.39, 0.29) is 48.7 Å². The van der Waals surface area contributed by atoms with Crippen LogP contribution in [0.25, 0.3) is 21.8 Å². The number of aliphatic hydroxyl groups is 1. The summed E-state index contributed by atoms with van der Waals surface area (Å²) in [5.74, 6) is 1.47. The molecule has 8 aromatic rings. The number of aliphatic hydroxyl groups excluding tert-OH is 1. The number of aryl methyl sites for hydroxylation is 4. The van der Waals surface area contributed by atoms with Crippen molar-refractivity contribution in [2.24, 2.45) is 11.8 Å². The average Bonchev–Trinajstić information content (AvgIpc) is 4.47. The highest BCUT2D eigenvalue weighted by molar-refractivity contribution is 5.85. The monoisotopic (exact) mass is 1160 g/mol. The summed E-state index contributed by atoms with van der Waals surface area (Å²) in [6, 6.07) is 35.7. The smallest absolute Gasteiger partial charge is 0.309 e. The molecule has 16 nitrogen and oxygen atoms in total. The van der Waals surface area contributed by atoms with Gasteiger partial charge in [-0.25, -0.2) is 0 Å². The Balaban J connectivity index is 0.000000174. The van der Waals surface area contributed by atoms with E-state index in [1.54, 1.807) is 37.2 Å². The molecule has 452 valence electrons. The normalized spacial score (nSPS) is 15.7. The molecule has 16 heteroatoms. The maximum atomic E-state index is 13.2. The van der Waals surface area contributed by atoms with Gasteiger partial charge in [0.1, 0.15) is 49.1 Å². The number of carbonyl (C=O) groups excluding carboxylic acids is 2. The highest BCUT2D eigenvalue weighted by Crippen LogP contribution is 2.28. The number of benzene rings is 2. The summed E-state index contributed by atoms with van der Waals surface area (Å²) in [4.78, 5) is 53.5. The van der Waals surface area contributed by atoms with Crippen molar-refractivity contribution in [3.8, 4) is 11.5 Å². The van der Waals surface area contributed by atoms with Gasteiger partial charge in [0.15, 0.2) is 0 Å². The predicted octanol–water partition coefficient (Wildman–Crippen LogP) is 11.2. The minimum atomic E-state index is -0.626. The van der Waals surface area contributed by atoms with Gasteiger partial charge in [-0.15, -0.1) is 0 Å². The molecule has 2 aromatic carbocycles. The molecule has 2 atom stereocenters. The van der Waals surface area contributed by atoms with Crippen LogP contribution in [0.4, 0.5) is 0 Å². The van der Waals surface area contributed by atoms with Gasteiger partial charge in [0.2, 0.25) is 0 Å². The summed E-state index contributed by atoms with van der Waals surface area (Å²) in [5.41, 5.74) is 6.72. The first kappa shape index (κ1) is 62.8. The van der Waals surface area contributed by atoms with Crippen LogP contribution in [-0.4, -0.2) is 129 Å². The minimum Gasteiger partial charge on any atom is -0.490 e. The Hall–Kier alpha value is -7.76. The van der Waals surface area contributed by atoms with Crippen LogP contribution in [0.2, 0.25) is 0 Å². The molecule has 86 heavy (non-hydrogen) atoms. The van der Waals surface area contributed by atoms with Crippen molar-refractivity contribution >= 4 is 33.7 Å². The molecular formula is C70H84N8O8. The highest BCUT2D eigenvalue weighted by atomic mass is 16.6. The van der Waals surface area contributed by atoms with Crippen molar-refractivity contribution in [2.45, 2.75) is 127 Å². The fourth-order valence-electron chi connectivity index (χ4n) is 11.1. The number of aromatic nitrogens is 6. The van der Waals surface area contributed by atoms with Crippen LogP contribution in [-0.2, 0) is 49.5 Å². The number of fused-ring (bicyclic) bond motifs is 2. The standard InChI is InChI=1S/C35H42N4O4.C23H31N3O2.C12H11NO2/c40-30(26-42-34-15-3-14-33-32(34)13-6-20-38-33)25-39-21-16-29(17-22-39)35(41)43-31(11-1-7-27-9-4-18-36-23-27)12-2-8-28-10-5-19-37-24-28;27-23(21-11-15-24-16-12-21)28-22(9-1-5-19-7-3-13-25-17-19)10-2-6-20-8-4-14-26-18-20;1-4-11-10(3-2-6-13-11)12(5-1)15-8-9-7-14-9/h3-6,9-10,13-15,18-20,23-24,29-31,40H,1-2,7-8,11-12,16-17,21-22,25-26H2;3-4,7-8,13-14,17-18,21-22,24H,1-2,5-6,9-12,15-16H2;1-6,9H,7-8H2/t30-;;9-/m0.1/s1. The van der Waals surface area contributed by atoms with E-state index in [2.05, 4.69) is 64.4 Å². The molecule has 3 fully saturated rings. The van der Waals surface area contributed by atoms with E-state index in [4.69, 9.17) is 23.7 Å². The van der Waals surface area contributed by atoms with Gasteiger partial charge >= 0.3 is 11.9 Å². The molecule has 0 amide bonds. The zero-order valence-corrected chi connectivity index (χ0v) is 49.5. The lowest BCUT2D eigenvalue weighted by atomic mass is 9.96. The van der Waals surface area contributed by atoms with Gasteiger partial charge in [0, 0.05) is 79.3 Å². The van der Waals surface area contributed by atoms with Gasteiger partial charge in [-0.3, -0.25) is 39.5 Å². The van der Waals surface area contributed by atoms with E-state index in [1.807, 2.05) is 110 Å². The van der Waals surface area contributed by atoms with Crippen LogP contribution in [0.5, 0.6) is 11.5 Å². The number of β-amino-alcohol motifs (C(OH)–C–C–N with tert-alkyl or cyclic N) is 1. The summed E-state index contributed by atoms with van der Waals surface area (Å²) in [7, 11) is 0. The third-order valence-corrected chi connectivity index (χ3v) is 16.0. The van der Waals surface area contributed by atoms with Crippen molar-refractivity contribution in [2.75, 3.05) is 52.5 Å². The number of nitrogens with zero attached hydrogens (tertiary/aromatic N) is 7. The van der Waals surface area contributed by atoms with Gasteiger partial charge < -0.3 is 39.0 Å². The summed E-state index contributed by atoms with van der Waals surface area (Å²) < 4.78 is 28.8. The molecule has 3 aliphatic rings. The summed E-state index contributed by atoms with van der Waals surface area (Å²) in [5, 5.41) is 16.0. The number of hydrogen-bond acceptors (Lipinski definition) is 16. The number of epoxide rings is 1. The average molecular weight is 1170 g/mol. The number of hydrogen-bond donors (Lipinski definition) is 2. The maximum Gasteiger partial charge on any atom is 0.309 e. The van der Waals surface area contributed by atoms with E-state index >= 15 is 0 Å². The Kier molecular flexibility index (Phi) is 25.6. The SMILES string of the molecule is O=C(OC(CCCc1cccnc1)CCCc1cccnc1)C1CCN(C[C@H](O)COc2cccc3ncccc23)CC1.O=C(OC(CCCc1cccnc1)CCCc1cccnc1)C1CCNCC1.c1cc(OC[C@H]2CO2)c2cccnc2c1. The second kappa shape index (κ2) is 35.0. The third-order valence-electron chi connectivity index (χ3n) is 16.0. The first-order valence-corrected chi connectivity index (χ1v) is 31.0. The fourth-order valence-corrected chi connectivity index (χ4v) is 11.1. The fraction of sp³-hybridized carbons (Fsp3) is 0.429. The van der Waals surface area contributed by atoms with E-state index in [0.717, 1.165) is 169 Å². The number of likely N-dealkylation sites (tertiary alicyclic amines) is 1. The first-order chi connectivity index (χ1) is 42.4. The summed E-state index contributed by atoms with van der Waals surface area (Å²) >= 11 is 0. The lowest BCUT2D eigenvalue weighted by Crippen LogP contribution is -2.42. The predicted molar refractivity (Wildman–Crippen MR) is 333 cm³/mol. The largest absolute Gasteiger partial charge is 0.490 e. The molecule has 0 spiro atoms. The molecule has 0 saturated carbocycles. The Morgan fingerprint density at radius 2 is 0.953 bits per heavy atom. The van der Waals surface area contributed by atoms with Crippen molar-refractivity contribution in [1.29, 1.82) is 0 Å². The molecule has 6 aromatic heterocycles. The zero-order valence-electron chi connectivity index (χ0n) is 49.5. The van der Waals surface area contributed by atoms with E-state index in [1.165, 1.54) is 22.3 Å². The van der Waals surface area contributed by atoms with Crippen LogP contribution in [0.3, 0.4) is 0 Å². The molecule has 0 aliphatic carbocycles. The Morgan fingerprint density at radius 1 is 0.535 bits per heavy atom. The second-order valence-electron chi connectivity index (χ2n) is 22.6.